The number of nitrogens with zero attached hydrogens (tertiary/aromatic N) is 3. The van der Waals surface area contributed by atoms with Crippen molar-refractivity contribution in [3.63, 3.8) is 0 Å². The Bertz CT molecular complexity index is 435. The van der Waals surface area contributed by atoms with Crippen LogP contribution < -0.4 is 0 Å². The molecule has 2 heterocycles. The summed E-state index contributed by atoms with van der Waals surface area (Å²) >= 11 is 0. The molecule has 0 atom stereocenters. The first kappa shape index (κ1) is 9.89. The second-order valence-electron chi connectivity index (χ2n) is 4.90. The van der Waals surface area contributed by atoms with Gasteiger partial charge in [-0.1, -0.05) is 0 Å². The fraction of sp³-hybridized carbons (Fsp3) is 0.692. The van der Waals surface area contributed by atoms with E-state index in [1.54, 1.807) is 0 Å². The minimum absolute atomic E-state index is 0.605. The summed E-state index contributed by atoms with van der Waals surface area (Å²) in [6, 6.07) is 2.23. The molecule has 3 heteroatoms. The summed E-state index contributed by atoms with van der Waals surface area (Å²) < 4.78 is 2.45. The van der Waals surface area contributed by atoms with Gasteiger partial charge in [0, 0.05) is 31.0 Å². The van der Waals surface area contributed by atoms with Crippen molar-refractivity contribution >= 4 is 0 Å². The molecule has 3 rings (SSSR count). The Morgan fingerprint density at radius 1 is 1.38 bits per heavy atom. The Kier molecular flexibility index (Phi) is 2.43. The first-order chi connectivity index (χ1) is 7.90. The van der Waals surface area contributed by atoms with Crippen LogP contribution in [0, 0.1) is 11.3 Å². The van der Waals surface area contributed by atoms with Crippen molar-refractivity contribution in [1.29, 1.82) is 5.26 Å². The highest BCUT2D eigenvalue weighted by atomic mass is 15.1. The average Bonchev–Trinajstić information content (AvgIpc) is 3.10. The summed E-state index contributed by atoms with van der Waals surface area (Å²) in [5, 5.41) is 8.68. The second-order valence-corrected chi connectivity index (χ2v) is 4.90. The maximum atomic E-state index is 8.68. The van der Waals surface area contributed by atoms with Crippen LogP contribution in [-0.4, -0.2) is 9.55 Å². The fourth-order valence-corrected chi connectivity index (χ4v) is 2.68. The molecule has 0 aromatic carbocycles. The van der Waals surface area contributed by atoms with Gasteiger partial charge in [-0.3, -0.25) is 0 Å². The molecule has 3 nitrogen and oxygen atoms in total. The summed E-state index contributed by atoms with van der Waals surface area (Å²) in [4.78, 5) is 4.80. The van der Waals surface area contributed by atoms with Crippen molar-refractivity contribution in [2.24, 2.45) is 0 Å². The lowest BCUT2D eigenvalue weighted by atomic mass is 10.1. The van der Waals surface area contributed by atoms with E-state index in [2.05, 4.69) is 10.6 Å². The van der Waals surface area contributed by atoms with E-state index in [1.165, 1.54) is 49.3 Å². The Morgan fingerprint density at radius 2 is 2.25 bits per heavy atom. The molecule has 1 aromatic rings. The molecule has 84 valence electrons. The highest BCUT2D eigenvalue weighted by Crippen LogP contribution is 2.41. The number of imidazole rings is 1. The topological polar surface area (TPSA) is 41.6 Å². The Morgan fingerprint density at radius 3 is 3.00 bits per heavy atom. The van der Waals surface area contributed by atoms with Gasteiger partial charge in [0.05, 0.1) is 11.8 Å². The van der Waals surface area contributed by atoms with Crippen molar-refractivity contribution < 1.29 is 0 Å². The Labute approximate surface area is 96.1 Å². The molecule has 0 unspecified atom stereocenters. The van der Waals surface area contributed by atoms with Crippen LogP contribution >= 0.6 is 0 Å². The van der Waals surface area contributed by atoms with E-state index in [4.69, 9.17) is 10.2 Å². The largest absolute Gasteiger partial charge is 0.332 e. The van der Waals surface area contributed by atoms with Gasteiger partial charge >= 0.3 is 0 Å². The van der Waals surface area contributed by atoms with Gasteiger partial charge in [0.15, 0.2) is 0 Å². The van der Waals surface area contributed by atoms with E-state index in [9.17, 15) is 0 Å². The zero-order valence-electron chi connectivity index (χ0n) is 9.58. The van der Waals surface area contributed by atoms with E-state index in [-0.39, 0.29) is 0 Å². The molecule has 0 radical (unpaired) electrons. The molecule has 1 aromatic heterocycles. The molecule has 0 N–H and O–H groups in total. The third-order valence-corrected chi connectivity index (χ3v) is 3.65. The van der Waals surface area contributed by atoms with Crippen LogP contribution in [0.4, 0.5) is 0 Å². The van der Waals surface area contributed by atoms with Crippen molar-refractivity contribution in [2.45, 2.75) is 57.4 Å². The maximum Gasteiger partial charge on any atom is 0.112 e. The summed E-state index contributed by atoms with van der Waals surface area (Å²) in [6.45, 7) is 1.15. The third kappa shape index (κ3) is 1.63. The van der Waals surface area contributed by atoms with Gasteiger partial charge in [0.25, 0.3) is 0 Å². The Hall–Kier alpha value is -1.30. The monoisotopic (exact) mass is 215 g/mol. The van der Waals surface area contributed by atoms with Crippen LogP contribution in [-0.2, 0) is 19.4 Å². The third-order valence-electron chi connectivity index (χ3n) is 3.65. The molecule has 0 amide bonds. The van der Waals surface area contributed by atoms with E-state index >= 15 is 0 Å². The Balaban J connectivity index is 1.94. The zero-order valence-corrected chi connectivity index (χ0v) is 9.58. The normalized spacial score (nSPS) is 19.2. The molecule has 1 aliphatic carbocycles. The lowest BCUT2D eigenvalue weighted by molar-refractivity contribution is 0.512. The summed E-state index contributed by atoms with van der Waals surface area (Å²) in [5.41, 5.74) is 2.64. The minimum Gasteiger partial charge on any atom is -0.332 e. The summed E-state index contributed by atoms with van der Waals surface area (Å²) in [5.74, 6) is 2.05. The number of hydrogen-bond acceptors (Lipinski definition) is 2. The highest BCUT2D eigenvalue weighted by molar-refractivity contribution is 5.23. The molecular formula is C13H17N3. The lowest BCUT2D eigenvalue weighted by Gasteiger charge is -2.17. The maximum absolute atomic E-state index is 8.68. The van der Waals surface area contributed by atoms with Crippen molar-refractivity contribution in [3.05, 3.63) is 17.2 Å². The van der Waals surface area contributed by atoms with Crippen LogP contribution in [0.15, 0.2) is 0 Å². The molecule has 1 fully saturated rings. The number of rotatable bonds is 3. The van der Waals surface area contributed by atoms with Gasteiger partial charge in [-0.05, 0) is 32.1 Å². The van der Waals surface area contributed by atoms with Gasteiger partial charge in [-0.25, -0.2) is 4.98 Å². The predicted octanol–water partition coefficient (Wildman–Crippen LogP) is 2.55. The summed E-state index contributed by atoms with van der Waals surface area (Å²) in [7, 11) is 0. The molecular weight excluding hydrogens is 198 g/mol. The van der Waals surface area contributed by atoms with Crippen LogP contribution in [0.2, 0.25) is 0 Å². The van der Waals surface area contributed by atoms with Gasteiger partial charge < -0.3 is 4.57 Å². The predicted molar refractivity (Wildman–Crippen MR) is 61.1 cm³/mol. The van der Waals surface area contributed by atoms with E-state index < -0.39 is 0 Å². The number of fused-ring (bicyclic) bond motifs is 1. The lowest BCUT2D eigenvalue weighted by Crippen LogP contribution is -2.13. The summed E-state index contributed by atoms with van der Waals surface area (Å²) in [6.07, 6.45) is 7.82. The number of aromatic nitrogens is 2. The van der Waals surface area contributed by atoms with Crippen LogP contribution in [0.3, 0.4) is 0 Å². The first-order valence-electron chi connectivity index (χ1n) is 6.35. The van der Waals surface area contributed by atoms with Gasteiger partial charge in [0.1, 0.15) is 5.82 Å². The molecule has 2 aliphatic rings. The van der Waals surface area contributed by atoms with Crippen molar-refractivity contribution in [3.8, 4) is 6.07 Å². The van der Waals surface area contributed by atoms with Gasteiger partial charge in [-0.15, -0.1) is 0 Å². The highest BCUT2D eigenvalue weighted by Gasteiger charge is 2.31. The molecule has 16 heavy (non-hydrogen) atoms. The zero-order chi connectivity index (χ0) is 11.0. The molecule has 0 spiro atoms. The number of hydrogen-bond donors (Lipinski definition) is 0. The molecule has 1 saturated carbocycles. The van der Waals surface area contributed by atoms with Crippen LogP contribution in [0.5, 0.6) is 0 Å². The second kappa shape index (κ2) is 3.93. The van der Waals surface area contributed by atoms with E-state index in [0.717, 1.165) is 18.9 Å². The van der Waals surface area contributed by atoms with Gasteiger partial charge in [0.2, 0.25) is 0 Å². The SMILES string of the molecule is N#CCCc1nc(C2CC2)n2c1CCCC2. The number of aryl methyl sites for hydroxylation is 1. The fourth-order valence-electron chi connectivity index (χ4n) is 2.68. The molecule has 0 saturated heterocycles. The smallest absolute Gasteiger partial charge is 0.112 e. The van der Waals surface area contributed by atoms with Crippen molar-refractivity contribution in [2.75, 3.05) is 0 Å². The first-order valence-corrected chi connectivity index (χ1v) is 6.35. The number of nitriles is 1. The van der Waals surface area contributed by atoms with Crippen LogP contribution in [0.25, 0.3) is 0 Å². The van der Waals surface area contributed by atoms with Crippen LogP contribution in [0.1, 0.15) is 55.2 Å². The average molecular weight is 215 g/mol. The van der Waals surface area contributed by atoms with E-state index in [1.807, 2.05) is 0 Å². The minimum atomic E-state index is 0.605. The van der Waals surface area contributed by atoms with Crippen molar-refractivity contribution in [1.82, 2.24) is 9.55 Å². The molecule has 1 aliphatic heterocycles. The standard InChI is InChI=1S/C13H17N3/c14-8-3-4-11-12-5-1-2-9-16(12)13(15-11)10-6-7-10/h10H,1-7,9H2. The quantitative estimate of drug-likeness (QED) is 0.777. The van der Waals surface area contributed by atoms with Gasteiger partial charge in [-0.2, -0.15) is 5.26 Å². The van der Waals surface area contributed by atoms with E-state index in [0.29, 0.717) is 6.42 Å². The molecule has 0 bridgehead atoms.